The van der Waals surface area contributed by atoms with Crippen molar-refractivity contribution in [1.82, 2.24) is 15.0 Å². The van der Waals surface area contributed by atoms with Crippen LogP contribution in [-0.4, -0.2) is 53.6 Å². The number of piperidine rings is 1. The number of rotatable bonds is 10. The smallest absolute Gasteiger partial charge is 0.250 e. The highest BCUT2D eigenvalue weighted by Crippen LogP contribution is 2.31. The fraction of sp³-hybridized carbons (Fsp3) is 0.267. The number of benzene rings is 3. The lowest BCUT2D eigenvalue weighted by Crippen LogP contribution is -2.35. The van der Waals surface area contributed by atoms with Gasteiger partial charge >= 0.3 is 0 Å². The second-order valence-electron chi connectivity index (χ2n) is 9.67. The van der Waals surface area contributed by atoms with E-state index in [1.807, 2.05) is 24.3 Å². The first-order valence-electron chi connectivity index (χ1n) is 13.3. The summed E-state index contributed by atoms with van der Waals surface area (Å²) in [6.07, 6.45) is 4.79. The first-order chi connectivity index (χ1) is 20.0. The Balaban J connectivity index is 1.34. The maximum atomic E-state index is 9.98. The minimum atomic E-state index is 0.0355. The highest BCUT2D eigenvalue weighted by atomic mass is 79.9. The highest BCUT2D eigenvalue weighted by molar-refractivity contribution is 9.10. The first kappa shape index (κ1) is 28.2. The summed E-state index contributed by atoms with van der Waals surface area (Å²) in [4.78, 5) is 16.2. The van der Waals surface area contributed by atoms with Crippen molar-refractivity contribution in [2.45, 2.75) is 19.3 Å². The highest BCUT2D eigenvalue weighted by Gasteiger charge is 2.22. The number of nitrogens with zero attached hydrogens (tertiary/aromatic N) is 5. The van der Waals surface area contributed by atoms with Gasteiger partial charge in [0.25, 0.3) is 0 Å². The Morgan fingerprint density at radius 2 is 1.71 bits per heavy atom. The van der Waals surface area contributed by atoms with Crippen LogP contribution in [-0.2, 0) is 6.42 Å². The van der Waals surface area contributed by atoms with Gasteiger partial charge in [0.15, 0.2) is 11.5 Å². The Morgan fingerprint density at radius 1 is 0.976 bits per heavy atom. The number of aromatic hydroxyl groups is 1. The van der Waals surface area contributed by atoms with E-state index in [0.29, 0.717) is 39.5 Å². The lowest BCUT2D eigenvalue weighted by Gasteiger charge is -2.32. The summed E-state index contributed by atoms with van der Waals surface area (Å²) in [5.74, 6) is 3.05. The van der Waals surface area contributed by atoms with Crippen molar-refractivity contribution in [3.8, 4) is 17.2 Å². The van der Waals surface area contributed by atoms with Crippen LogP contribution in [0.15, 0.2) is 76.3 Å². The molecular formula is C30H32BrN7O3. The predicted octanol–water partition coefficient (Wildman–Crippen LogP) is 6.01. The minimum absolute atomic E-state index is 0.0355. The normalized spacial score (nSPS) is 13.8. The van der Waals surface area contributed by atoms with E-state index >= 15 is 0 Å². The Bertz CT molecular complexity index is 1480. The molecule has 1 aromatic heterocycles. The summed E-state index contributed by atoms with van der Waals surface area (Å²) in [5, 5.41) is 17.6. The molecule has 1 fully saturated rings. The number of halogens is 1. The lowest BCUT2D eigenvalue weighted by atomic mass is 9.90. The summed E-state index contributed by atoms with van der Waals surface area (Å²) in [7, 11) is 3.13. The molecule has 0 spiro atoms. The standard InChI is InChI=1S/C30H32BrN7O3/c1-40-24-10-8-23(9-11-24)33-28-34-29(37-32-19-22-17-27(41-2)26(39)18-25(22)31)36-30(35-28)38-14-12-21(13-15-38)16-20-6-4-3-5-7-20/h3-11,17-19,21,39H,12-16H2,1-2H3,(H2,33,34,35,36,37). The van der Waals surface area contributed by atoms with Crippen LogP contribution in [0.3, 0.4) is 0 Å². The molecule has 0 aliphatic carbocycles. The third-order valence-corrected chi connectivity index (χ3v) is 7.59. The van der Waals surface area contributed by atoms with Gasteiger partial charge in [-0.2, -0.15) is 20.1 Å². The largest absolute Gasteiger partial charge is 0.504 e. The third-order valence-electron chi connectivity index (χ3n) is 6.90. The van der Waals surface area contributed by atoms with Gasteiger partial charge in [-0.1, -0.05) is 30.3 Å². The van der Waals surface area contributed by atoms with Gasteiger partial charge in [-0.05, 0) is 83.1 Å². The van der Waals surface area contributed by atoms with Crippen LogP contribution >= 0.6 is 15.9 Å². The van der Waals surface area contributed by atoms with E-state index in [0.717, 1.165) is 43.8 Å². The summed E-state index contributed by atoms with van der Waals surface area (Å²) >= 11 is 3.44. The van der Waals surface area contributed by atoms with Crippen LogP contribution in [0.2, 0.25) is 0 Å². The van der Waals surface area contributed by atoms with Gasteiger partial charge < -0.3 is 24.8 Å². The Kier molecular flexibility index (Phi) is 9.15. The van der Waals surface area contributed by atoms with Crippen molar-refractivity contribution in [2.75, 3.05) is 43.0 Å². The Hall–Kier alpha value is -4.38. The number of hydrogen-bond donors (Lipinski definition) is 3. The molecule has 11 heteroatoms. The first-order valence-corrected chi connectivity index (χ1v) is 14.1. The van der Waals surface area contributed by atoms with E-state index in [9.17, 15) is 5.11 Å². The van der Waals surface area contributed by atoms with Crippen LogP contribution in [0.1, 0.15) is 24.0 Å². The Labute approximate surface area is 247 Å². The van der Waals surface area contributed by atoms with Crippen molar-refractivity contribution in [3.05, 3.63) is 82.3 Å². The fourth-order valence-corrected chi connectivity index (χ4v) is 5.11. The van der Waals surface area contributed by atoms with Crippen LogP contribution in [0.5, 0.6) is 17.2 Å². The average Bonchev–Trinajstić information content (AvgIpc) is 2.99. The average molecular weight is 619 g/mol. The topological polar surface area (TPSA) is 117 Å². The van der Waals surface area contributed by atoms with Crippen LogP contribution < -0.4 is 25.1 Å². The molecule has 212 valence electrons. The maximum absolute atomic E-state index is 9.98. The predicted molar refractivity (Wildman–Crippen MR) is 165 cm³/mol. The van der Waals surface area contributed by atoms with Crippen molar-refractivity contribution in [3.63, 3.8) is 0 Å². The number of ether oxygens (including phenoxy) is 2. The third kappa shape index (κ3) is 7.43. The number of anilines is 4. The van der Waals surface area contributed by atoms with Crippen molar-refractivity contribution >= 4 is 45.7 Å². The summed E-state index contributed by atoms with van der Waals surface area (Å²) in [6, 6.07) is 21.4. The number of methoxy groups -OCH3 is 2. The number of hydrogen-bond acceptors (Lipinski definition) is 10. The molecule has 4 aromatic rings. The molecule has 3 aromatic carbocycles. The number of aromatic nitrogens is 3. The molecule has 0 amide bonds. The number of nitrogens with one attached hydrogen (secondary N) is 2. The summed E-state index contributed by atoms with van der Waals surface area (Å²) in [6.45, 7) is 1.71. The van der Waals surface area contributed by atoms with Crippen molar-refractivity contribution in [1.29, 1.82) is 0 Å². The Morgan fingerprint density at radius 3 is 2.41 bits per heavy atom. The van der Waals surface area contributed by atoms with Gasteiger partial charge in [0.1, 0.15) is 5.75 Å². The molecule has 41 heavy (non-hydrogen) atoms. The van der Waals surface area contributed by atoms with Gasteiger partial charge in [0.2, 0.25) is 17.8 Å². The zero-order chi connectivity index (χ0) is 28.6. The second-order valence-corrected chi connectivity index (χ2v) is 10.5. The molecule has 3 N–H and O–H groups in total. The monoisotopic (exact) mass is 617 g/mol. The second kappa shape index (κ2) is 13.3. The summed E-state index contributed by atoms with van der Waals surface area (Å²) in [5.41, 5.74) is 5.83. The molecule has 10 nitrogen and oxygen atoms in total. The molecule has 0 radical (unpaired) electrons. The SMILES string of the molecule is COc1ccc(Nc2nc(NN=Cc3cc(OC)c(O)cc3Br)nc(N3CCC(Cc4ccccc4)CC3)n2)cc1. The zero-order valence-electron chi connectivity index (χ0n) is 22.9. The molecule has 1 aliphatic rings. The molecule has 0 unspecified atom stereocenters. The van der Waals surface area contributed by atoms with E-state index < -0.39 is 0 Å². The molecule has 0 atom stereocenters. The number of hydrazone groups is 1. The minimum Gasteiger partial charge on any atom is -0.504 e. The van der Waals surface area contributed by atoms with Crippen LogP contribution in [0.4, 0.5) is 23.5 Å². The molecule has 0 bridgehead atoms. The van der Waals surface area contributed by atoms with Crippen molar-refractivity contribution < 1.29 is 14.6 Å². The van der Waals surface area contributed by atoms with E-state index in [-0.39, 0.29) is 5.75 Å². The summed E-state index contributed by atoms with van der Waals surface area (Å²) < 4.78 is 11.1. The van der Waals surface area contributed by atoms with Gasteiger partial charge in [0, 0.05) is 28.8 Å². The van der Waals surface area contributed by atoms with Gasteiger partial charge in [-0.15, -0.1) is 0 Å². The maximum Gasteiger partial charge on any atom is 0.250 e. The molecule has 2 heterocycles. The van der Waals surface area contributed by atoms with Crippen molar-refractivity contribution in [2.24, 2.45) is 11.0 Å². The number of phenols is 1. The van der Waals surface area contributed by atoms with E-state index in [4.69, 9.17) is 14.5 Å². The quantitative estimate of drug-likeness (QED) is 0.145. The number of phenolic OH excluding ortho intramolecular Hbond substituents is 1. The molecule has 5 rings (SSSR count). The molecule has 1 saturated heterocycles. The van der Waals surface area contributed by atoms with E-state index in [1.165, 1.54) is 12.7 Å². The lowest BCUT2D eigenvalue weighted by molar-refractivity contribution is 0.373. The van der Waals surface area contributed by atoms with E-state index in [1.54, 1.807) is 25.5 Å². The zero-order valence-corrected chi connectivity index (χ0v) is 24.5. The molecule has 1 aliphatic heterocycles. The van der Waals surface area contributed by atoms with Gasteiger partial charge in [-0.25, -0.2) is 5.43 Å². The molecule has 0 saturated carbocycles. The van der Waals surface area contributed by atoms with Crippen LogP contribution in [0.25, 0.3) is 0 Å². The fourth-order valence-electron chi connectivity index (χ4n) is 4.68. The van der Waals surface area contributed by atoms with E-state index in [2.05, 4.69) is 77.0 Å². The van der Waals surface area contributed by atoms with Crippen LogP contribution in [0, 0.1) is 5.92 Å². The van der Waals surface area contributed by atoms with Gasteiger partial charge in [-0.3, -0.25) is 0 Å². The molecular weight excluding hydrogens is 586 g/mol. The van der Waals surface area contributed by atoms with Gasteiger partial charge in [0.05, 0.1) is 20.4 Å².